The minimum absolute atomic E-state index is 0.632. The maximum atomic E-state index is 5.25. The number of nitrogens with zero attached hydrogens (tertiary/aromatic N) is 14. The summed E-state index contributed by atoms with van der Waals surface area (Å²) in [6, 6.07) is 163. The largest absolute Gasteiger partial charge is 0.264 e. The molecule has 0 aliphatic heterocycles. The molecule has 0 spiro atoms. The molecule has 14 heteroatoms. The van der Waals surface area contributed by atoms with Gasteiger partial charge in [0.05, 0.1) is 90.2 Å². The van der Waals surface area contributed by atoms with Crippen molar-refractivity contribution in [3.8, 4) is 180 Å². The third kappa shape index (κ3) is 17.5. The topological polar surface area (TPSA) is 180 Å². The number of rotatable bonds is 16. The van der Waals surface area contributed by atoms with Crippen LogP contribution in [0.2, 0.25) is 0 Å². The Balaban J connectivity index is 0.000000114. The summed E-state index contributed by atoms with van der Waals surface area (Å²) >= 11 is 0. The summed E-state index contributed by atoms with van der Waals surface area (Å²) in [6.45, 7) is 0. The molecule has 682 valence electrons. The first-order chi connectivity index (χ1) is 72.4. The lowest BCUT2D eigenvalue weighted by Crippen LogP contribution is -2.00. The van der Waals surface area contributed by atoms with E-state index in [1.54, 1.807) is 12.4 Å². The Morgan fingerprint density at radius 3 is 0.849 bits per heavy atom. The maximum absolute atomic E-state index is 5.25. The molecule has 0 fully saturated rings. The van der Waals surface area contributed by atoms with E-state index in [1.165, 1.54) is 0 Å². The first-order valence-electron chi connectivity index (χ1n) is 48.6. The number of pyridine rings is 11. The van der Waals surface area contributed by atoms with Gasteiger partial charge in [-0.05, 0) is 154 Å². The molecule has 0 saturated carbocycles. The SMILES string of the molecule is c1ccc(-c2ccc3ccc4ccc(-c5ccc6nc(-c7ccccc7)c7cccc(-c8ccccn8)c7c6c5)nc4c3n2)cc1.c1ccc(-c2nc(-c3ccccc3)nc(-c3ccc(-c4ccc5nc(-c6ccccc6)c6cccc(-c7cccnc7)c6c5c4)cc3)n2)cc1.c1ccc(-c2nc3ccc(-c4ccc(-c5cc(-c6ccccn6)nc(-c6ccccn6)c5)cc4)cc3c3c(-c4ccccn4)cccc23)cc1. The van der Waals surface area contributed by atoms with Crippen LogP contribution in [0.4, 0.5) is 0 Å². The standard InChI is InChI=1S/2C45H29N5.C42H26N4/c1-4-12-31(13-5-1)42-38-20-10-19-37(36-18-11-27-46-29-36)41(38)39-28-35(25-26-40(39)47-42)30-21-23-34(24-22-30)45-49-43(32-14-6-2-7-15-32)48-44(50-45)33-16-8-3-9-17-33;1-2-11-32(12-3-1)45-36-14-10-13-35(38-15-4-7-24-46-38)44(36)37-27-33(22-23-39(37)50-45)30-18-20-31(21-19-30)34-28-42(40-16-5-8-25-47-40)49-43(29-34)41-17-6-9-26-48-41;1-3-10-27(11-4-1)35-22-19-29-17-18-30-20-23-36(45-42(30)41(29)44-35)31-21-24-38-34(26-31)39-32(37-16-7-8-25-43-37)14-9-15-33(39)40(46-38)28-12-5-2-6-13-28/h2*1-29H;1-26H. The number of hydrogen-bond acceptors (Lipinski definition) is 14. The Bertz CT molecular complexity index is 9050. The first kappa shape index (κ1) is 87.5. The van der Waals surface area contributed by atoms with Crippen LogP contribution in [0.25, 0.3) is 267 Å². The zero-order valence-corrected chi connectivity index (χ0v) is 78.8. The van der Waals surface area contributed by atoms with Gasteiger partial charge in [-0.25, -0.2) is 44.9 Å². The molecule has 0 N–H and O–H groups in total. The van der Waals surface area contributed by atoms with Crippen molar-refractivity contribution in [2.75, 3.05) is 0 Å². The summed E-state index contributed by atoms with van der Waals surface area (Å²) in [5, 5.41) is 12.1. The zero-order valence-electron chi connectivity index (χ0n) is 78.8. The summed E-state index contributed by atoms with van der Waals surface area (Å²) in [4.78, 5) is 68.7. The molecule has 0 radical (unpaired) electrons. The number of hydrogen-bond donors (Lipinski definition) is 0. The summed E-state index contributed by atoms with van der Waals surface area (Å²) in [6.07, 6.45) is 11.0. The van der Waals surface area contributed by atoms with Gasteiger partial charge in [-0.3, -0.25) is 24.9 Å². The molecule has 0 bridgehead atoms. The van der Waals surface area contributed by atoms with E-state index in [0.29, 0.717) is 17.5 Å². The normalized spacial score (nSPS) is 11.3. The highest BCUT2D eigenvalue weighted by Crippen LogP contribution is 2.46. The molecular formula is C132H84N14. The predicted molar refractivity (Wildman–Crippen MR) is 595 cm³/mol. The fraction of sp³-hybridized carbons (Fsp3) is 0. The quantitative estimate of drug-likeness (QED) is 0.0834. The van der Waals surface area contributed by atoms with Gasteiger partial charge in [0.2, 0.25) is 0 Å². The van der Waals surface area contributed by atoms with E-state index in [-0.39, 0.29) is 0 Å². The van der Waals surface area contributed by atoms with E-state index in [4.69, 9.17) is 54.8 Å². The molecule has 0 saturated heterocycles. The Kier molecular flexibility index (Phi) is 23.4. The fourth-order valence-electron chi connectivity index (χ4n) is 19.7. The van der Waals surface area contributed by atoms with Gasteiger partial charge in [0, 0.05) is 158 Å². The van der Waals surface area contributed by atoms with E-state index >= 15 is 0 Å². The summed E-state index contributed by atoms with van der Waals surface area (Å²) in [5.74, 6) is 1.92. The van der Waals surface area contributed by atoms with Gasteiger partial charge in [0.1, 0.15) is 0 Å². The van der Waals surface area contributed by atoms with Crippen molar-refractivity contribution in [3.05, 3.63) is 510 Å². The van der Waals surface area contributed by atoms with Gasteiger partial charge in [-0.2, -0.15) is 0 Å². The van der Waals surface area contributed by atoms with Crippen LogP contribution in [0.5, 0.6) is 0 Å². The highest BCUT2D eigenvalue weighted by molar-refractivity contribution is 6.21. The Hall–Kier alpha value is -20.0. The third-order valence-corrected chi connectivity index (χ3v) is 26.7. The molecule has 12 aromatic heterocycles. The molecule has 0 atom stereocenters. The van der Waals surface area contributed by atoms with E-state index in [1.807, 2.05) is 189 Å². The molecule has 0 unspecified atom stereocenters. The molecule has 27 rings (SSSR count). The van der Waals surface area contributed by atoms with E-state index in [9.17, 15) is 0 Å². The number of benzene rings is 15. The van der Waals surface area contributed by atoms with Crippen LogP contribution in [0, 0.1) is 0 Å². The number of fused-ring (bicyclic) bond motifs is 12. The average molecular weight is 1870 g/mol. The van der Waals surface area contributed by atoms with Gasteiger partial charge in [0.15, 0.2) is 17.5 Å². The lowest BCUT2D eigenvalue weighted by Gasteiger charge is -2.15. The van der Waals surface area contributed by atoms with Crippen molar-refractivity contribution in [3.63, 3.8) is 0 Å². The maximum Gasteiger partial charge on any atom is 0.164 e. The second kappa shape index (κ2) is 39.0. The molecule has 0 amide bonds. The van der Waals surface area contributed by atoms with Crippen molar-refractivity contribution < 1.29 is 0 Å². The van der Waals surface area contributed by atoms with E-state index in [2.05, 4.69) is 324 Å². The Labute approximate surface area is 841 Å². The molecule has 27 aromatic rings. The van der Waals surface area contributed by atoms with E-state index < -0.39 is 0 Å². The van der Waals surface area contributed by atoms with Gasteiger partial charge in [0.25, 0.3) is 0 Å². The lowest BCUT2D eigenvalue weighted by atomic mass is 9.92. The van der Waals surface area contributed by atoms with Crippen molar-refractivity contribution >= 4 is 86.8 Å². The highest BCUT2D eigenvalue weighted by Gasteiger charge is 2.24. The van der Waals surface area contributed by atoms with Crippen molar-refractivity contribution in [1.82, 2.24) is 69.8 Å². The first-order valence-corrected chi connectivity index (χ1v) is 48.6. The van der Waals surface area contributed by atoms with Crippen LogP contribution in [-0.2, 0) is 0 Å². The monoisotopic (exact) mass is 1860 g/mol. The molecule has 15 aromatic carbocycles. The molecule has 0 aliphatic rings. The average Bonchev–Trinajstić information content (AvgIpc) is 0.694. The fourth-order valence-corrected chi connectivity index (χ4v) is 19.7. The van der Waals surface area contributed by atoms with E-state index in [0.717, 1.165) is 250 Å². The molecular weight excluding hydrogens is 1780 g/mol. The van der Waals surface area contributed by atoms with Crippen LogP contribution in [0.1, 0.15) is 0 Å². The zero-order chi connectivity index (χ0) is 97.0. The minimum atomic E-state index is 0.632. The molecule has 12 heterocycles. The van der Waals surface area contributed by atoms with Gasteiger partial charge < -0.3 is 0 Å². The van der Waals surface area contributed by atoms with Crippen LogP contribution in [-0.4, -0.2) is 69.8 Å². The molecule has 14 nitrogen and oxygen atoms in total. The highest BCUT2D eigenvalue weighted by atomic mass is 15.0. The van der Waals surface area contributed by atoms with Crippen LogP contribution in [0.3, 0.4) is 0 Å². The van der Waals surface area contributed by atoms with Gasteiger partial charge in [-0.1, -0.05) is 358 Å². The Morgan fingerprint density at radius 2 is 0.459 bits per heavy atom. The summed E-state index contributed by atoms with van der Waals surface area (Å²) in [5.41, 5.74) is 33.6. The van der Waals surface area contributed by atoms with Crippen LogP contribution in [0.15, 0.2) is 510 Å². The Morgan fingerprint density at radius 1 is 0.144 bits per heavy atom. The van der Waals surface area contributed by atoms with Gasteiger partial charge in [-0.15, -0.1) is 0 Å². The third-order valence-electron chi connectivity index (χ3n) is 26.7. The molecule has 146 heavy (non-hydrogen) atoms. The van der Waals surface area contributed by atoms with Crippen LogP contribution < -0.4 is 0 Å². The lowest BCUT2D eigenvalue weighted by molar-refractivity contribution is 1.07. The minimum Gasteiger partial charge on any atom is -0.264 e. The van der Waals surface area contributed by atoms with Gasteiger partial charge >= 0.3 is 0 Å². The van der Waals surface area contributed by atoms with Crippen molar-refractivity contribution in [2.45, 2.75) is 0 Å². The molecule has 0 aliphatic carbocycles. The van der Waals surface area contributed by atoms with Crippen molar-refractivity contribution in [1.29, 1.82) is 0 Å². The summed E-state index contributed by atoms with van der Waals surface area (Å²) in [7, 11) is 0. The van der Waals surface area contributed by atoms with Crippen LogP contribution >= 0.6 is 0 Å². The van der Waals surface area contributed by atoms with Crippen molar-refractivity contribution in [2.24, 2.45) is 0 Å². The summed E-state index contributed by atoms with van der Waals surface area (Å²) < 4.78 is 0. The second-order valence-electron chi connectivity index (χ2n) is 35.7. The number of aromatic nitrogens is 14. The smallest absolute Gasteiger partial charge is 0.164 e. The second-order valence-corrected chi connectivity index (χ2v) is 35.7. The predicted octanol–water partition coefficient (Wildman–Crippen LogP) is 32.5.